The van der Waals surface area contributed by atoms with Crippen molar-refractivity contribution in [3.8, 4) is 5.75 Å². The molecule has 2 aromatic rings. The first kappa shape index (κ1) is 16.0. The van der Waals surface area contributed by atoms with E-state index in [1.54, 1.807) is 37.4 Å². The van der Waals surface area contributed by atoms with E-state index in [0.717, 1.165) is 5.56 Å². The van der Waals surface area contributed by atoms with Crippen molar-refractivity contribution < 1.29 is 19.4 Å². The molecule has 0 amide bonds. The zero-order valence-corrected chi connectivity index (χ0v) is 12.3. The van der Waals surface area contributed by atoms with Gasteiger partial charge in [-0.2, -0.15) is 0 Å². The number of hydrogen-bond acceptors (Lipinski definition) is 5. The van der Waals surface area contributed by atoms with Crippen molar-refractivity contribution in [3.05, 3.63) is 65.7 Å². The minimum absolute atomic E-state index is 0.338. The Balaban J connectivity index is 1.93. The van der Waals surface area contributed by atoms with E-state index in [-0.39, 0.29) is 0 Å². The number of aliphatic hydroxyl groups is 1. The van der Waals surface area contributed by atoms with Crippen molar-refractivity contribution in [2.24, 2.45) is 5.73 Å². The molecule has 0 radical (unpaired) electrons. The fourth-order valence-corrected chi connectivity index (χ4v) is 2.06. The van der Waals surface area contributed by atoms with Crippen molar-refractivity contribution in [2.75, 3.05) is 7.11 Å². The Hall–Kier alpha value is -2.37. The summed E-state index contributed by atoms with van der Waals surface area (Å²) in [4.78, 5) is 11.9. The fourth-order valence-electron chi connectivity index (χ4n) is 2.06. The van der Waals surface area contributed by atoms with Crippen LogP contribution in [-0.2, 0) is 16.0 Å². The van der Waals surface area contributed by atoms with Crippen LogP contribution in [0.5, 0.6) is 5.75 Å². The summed E-state index contributed by atoms with van der Waals surface area (Å²) in [5.41, 5.74) is 7.18. The normalized spacial score (nSPS) is 13.2. The average molecular weight is 301 g/mol. The van der Waals surface area contributed by atoms with Crippen LogP contribution in [0, 0.1) is 0 Å². The van der Waals surface area contributed by atoms with Crippen LogP contribution >= 0.6 is 0 Å². The molecule has 5 nitrogen and oxygen atoms in total. The third-order valence-electron chi connectivity index (χ3n) is 3.18. The Morgan fingerprint density at radius 2 is 1.91 bits per heavy atom. The molecule has 3 N–H and O–H groups in total. The van der Waals surface area contributed by atoms with Gasteiger partial charge >= 0.3 is 5.97 Å². The molecule has 0 aliphatic rings. The smallest absolute Gasteiger partial charge is 0.341 e. The zero-order chi connectivity index (χ0) is 15.9. The molecule has 0 heterocycles. The second kappa shape index (κ2) is 7.59. The molecule has 2 rings (SSSR count). The van der Waals surface area contributed by atoms with Gasteiger partial charge in [-0.3, -0.25) is 5.73 Å². The second-order valence-corrected chi connectivity index (χ2v) is 4.84. The molecule has 0 saturated carbocycles. The Morgan fingerprint density at radius 1 is 1.18 bits per heavy atom. The summed E-state index contributed by atoms with van der Waals surface area (Å²) in [7, 11) is 1.58. The van der Waals surface area contributed by atoms with Gasteiger partial charge in [0.2, 0.25) is 0 Å². The van der Waals surface area contributed by atoms with Gasteiger partial charge in [0.15, 0.2) is 12.3 Å². The molecular weight excluding hydrogens is 282 g/mol. The van der Waals surface area contributed by atoms with Crippen molar-refractivity contribution in [3.63, 3.8) is 0 Å². The topological polar surface area (TPSA) is 81.8 Å². The maximum absolute atomic E-state index is 11.9. The first-order valence-corrected chi connectivity index (χ1v) is 6.92. The highest BCUT2D eigenvalue weighted by atomic mass is 16.6. The molecule has 0 aliphatic carbocycles. The third kappa shape index (κ3) is 4.31. The molecule has 2 aromatic carbocycles. The Labute approximate surface area is 129 Å². The number of nitrogens with two attached hydrogens (primary N) is 1. The van der Waals surface area contributed by atoms with Crippen LogP contribution in [0.15, 0.2) is 54.6 Å². The molecule has 5 heteroatoms. The van der Waals surface area contributed by atoms with Crippen molar-refractivity contribution in [1.29, 1.82) is 0 Å². The third-order valence-corrected chi connectivity index (χ3v) is 3.18. The van der Waals surface area contributed by atoms with Gasteiger partial charge in [-0.05, 0) is 23.3 Å². The van der Waals surface area contributed by atoms with Crippen LogP contribution in [0.4, 0.5) is 0 Å². The number of carbonyl (C=O) groups is 1. The van der Waals surface area contributed by atoms with Gasteiger partial charge in [0.05, 0.1) is 7.11 Å². The molecule has 0 aliphatic heterocycles. The SMILES string of the molecule is COc1cccc(CC(N)OC(=O)[C@H](O)c2ccccc2)c1. The molecule has 0 aromatic heterocycles. The van der Waals surface area contributed by atoms with E-state index in [9.17, 15) is 9.90 Å². The van der Waals surface area contributed by atoms with Crippen LogP contribution in [0.3, 0.4) is 0 Å². The largest absolute Gasteiger partial charge is 0.497 e. The van der Waals surface area contributed by atoms with Crippen molar-refractivity contribution >= 4 is 5.97 Å². The van der Waals surface area contributed by atoms with E-state index < -0.39 is 18.3 Å². The van der Waals surface area contributed by atoms with Crippen LogP contribution < -0.4 is 10.5 Å². The quantitative estimate of drug-likeness (QED) is 0.628. The summed E-state index contributed by atoms with van der Waals surface area (Å²) in [6.45, 7) is 0. The molecule has 0 fully saturated rings. The van der Waals surface area contributed by atoms with Gasteiger partial charge in [-0.25, -0.2) is 4.79 Å². The van der Waals surface area contributed by atoms with Gasteiger partial charge in [-0.1, -0.05) is 42.5 Å². The van der Waals surface area contributed by atoms with Gasteiger partial charge in [0.25, 0.3) is 0 Å². The maximum atomic E-state index is 11.9. The number of methoxy groups -OCH3 is 1. The predicted molar refractivity (Wildman–Crippen MR) is 82.2 cm³/mol. The van der Waals surface area contributed by atoms with Crippen LogP contribution in [0.25, 0.3) is 0 Å². The number of esters is 1. The van der Waals surface area contributed by atoms with Crippen LogP contribution in [-0.4, -0.2) is 24.4 Å². The van der Waals surface area contributed by atoms with E-state index in [0.29, 0.717) is 17.7 Å². The predicted octanol–water partition coefficient (Wildman–Crippen LogP) is 1.80. The Kier molecular flexibility index (Phi) is 5.52. The average Bonchev–Trinajstić information content (AvgIpc) is 2.55. The van der Waals surface area contributed by atoms with Crippen molar-refractivity contribution in [1.82, 2.24) is 0 Å². The Morgan fingerprint density at radius 3 is 2.59 bits per heavy atom. The highest BCUT2D eigenvalue weighted by Gasteiger charge is 2.21. The first-order chi connectivity index (χ1) is 10.6. The number of benzene rings is 2. The Bertz CT molecular complexity index is 615. The summed E-state index contributed by atoms with van der Waals surface area (Å²) in [5.74, 6) is -0.0538. The fraction of sp³-hybridized carbons (Fsp3) is 0.235. The van der Waals surface area contributed by atoms with Crippen LogP contribution in [0.2, 0.25) is 0 Å². The number of rotatable bonds is 6. The van der Waals surface area contributed by atoms with E-state index in [4.69, 9.17) is 15.2 Å². The summed E-state index contributed by atoms with van der Waals surface area (Å²) in [6.07, 6.45) is -1.83. The maximum Gasteiger partial charge on any atom is 0.341 e. The number of ether oxygens (including phenoxy) is 2. The zero-order valence-electron chi connectivity index (χ0n) is 12.3. The monoisotopic (exact) mass is 301 g/mol. The summed E-state index contributed by atoms with van der Waals surface area (Å²) in [5, 5.41) is 9.94. The first-order valence-electron chi connectivity index (χ1n) is 6.92. The lowest BCUT2D eigenvalue weighted by Crippen LogP contribution is -2.31. The summed E-state index contributed by atoms with van der Waals surface area (Å²) in [6, 6.07) is 15.9. The molecule has 0 saturated heterocycles. The number of hydrogen-bond donors (Lipinski definition) is 2. The van der Waals surface area contributed by atoms with Gasteiger partial charge in [0, 0.05) is 6.42 Å². The molecule has 0 spiro atoms. The molecular formula is C17H19NO4. The second-order valence-electron chi connectivity index (χ2n) is 4.84. The summed E-state index contributed by atoms with van der Waals surface area (Å²) < 4.78 is 10.2. The lowest BCUT2D eigenvalue weighted by molar-refractivity contribution is -0.159. The molecule has 116 valence electrons. The number of aliphatic hydroxyl groups excluding tert-OH is 1. The van der Waals surface area contributed by atoms with E-state index >= 15 is 0 Å². The lowest BCUT2D eigenvalue weighted by Gasteiger charge is -2.16. The van der Waals surface area contributed by atoms with Crippen LogP contribution in [0.1, 0.15) is 17.2 Å². The highest BCUT2D eigenvalue weighted by Crippen LogP contribution is 2.16. The molecule has 0 bridgehead atoms. The summed E-state index contributed by atoms with van der Waals surface area (Å²) >= 11 is 0. The number of carbonyl (C=O) groups excluding carboxylic acids is 1. The van der Waals surface area contributed by atoms with E-state index in [1.807, 2.05) is 24.3 Å². The standard InChI is InChI=1S/C17H19NO4/c1-21-14-9-5-6-12(10-14)11-15(18)22-17(20)16(19)13-7-3-2-4-8-13/h2-10,15-16,19H,11,18H2,1H3/t15?,16-/m1/s1. The van der Waals surface area contributed by atoms with Crippen molar-refractivity contribution in [2.45, 2.75) is 18.8 Å². The molecule has 1 unspecified atom stereocenters. The van der Waals surface area contributed by atoms with Gasteiger partial charge < -0.3 is 14.6 Å². The minimum atomic E-state index is -1.34. The van der Waals surface area contributed by atoms with Gasteiger partial charge in [-0.15, -0.1) is 0 Å². The highest BCUT2D eigenvalue weighted by molar-refractivity contribution is 5.76. The van der Waals surface area contributed by atoms with E-state index in [2.05, 4.69) is 0 Å². The van der Waals surface area contributed by atoms with E-state index in [1.165, 1.54) is 0 Å². The lowest BCUT2D eigenvalue weighted by atomic mass is 10.1. The van der Waals surface area contributed by atoms with Gasteiger partial charge in [0.1, 0.15) is 5.75 Å². The molecule has 22 heavy (non-hydrogen) atoms. The minimum Gasteiger partial charge on any atom is -0.497 e. The molecule has 2 atom stereocenters.